The van der Waals surface area contributed by atoms with E-state index < -0.39 is 17.5 Å². The van der Waals surface area contributed by atoms with Crippen molar-refractivity contribution in [3.63, 3.8) is 0 Å². The number of hydrogen-bond acceptors (Lipinski definition) is 6. The van der Waals surface area contributed by atoms with Crippen LogP contribution >= 0.6 is 0 Å². The standard InChI is InChI=1S/C19H25F2N3O4/c1-5-8-22-17-24-13-6-7-14(15(21)16(13)27-17)26-11-12(9-20)10-23-18(25)28-19(2,3)4/h6-7,9H,5,8,10-11H2,1-4H3,(H,22,24)(H,23,25)/b12-9+. The Labute approximate surface area is 162 Å². The number of ether oxygens (including phenoxy) is 2. The third-order valence-electron chi connectivity index (χ3n) is 3.41. The summed E-state index contributed by atoms with van der Waals surface area (Å²) in [5.74, 6) is -0.838. The number of oxazole rings is 1. The molecule has 0 aliphatic carbocycles. The predicted molar refractivity (Wildman–Crippen MR) is 102 cm³/mol. The molecule has 154 valence electrons. The van der Waals surface area contributed by atoms with E-state index in [2.05, 4.69) is 15.6 Å². The second-order valence-electron chi connectivity index (χ2n) is 7.08. The molecule has 0 spiro atoms. The summed E-state index contributed by atoms with van der Waals surface area (Å²) in [5.41, 5.74) is -0.265. The number of rotatable bonds is 8. The number of benzene rings is 1. The van der Waals surface area contributed by atoms with E-state index in [1.807, 2.05) is 6.92 Å². The normalized spacial score (nSPS) is 12.1. The Morgan fingerprint density at radius 2 is 2.11 bits per heavy atom. The summed E-state index contributed by atoms with van der Waals surface area (Å²) < 4.78 is 43.4. The lowest BCUT2D eigenvalue weighted by Crippen LogP contribution is -2.34. The third kappa shape index (κ3) is 6.11. The monoisotopic (exact) mass is 397 g/mol. The van der Waals surface area contributed by atoms with Crippen LogP contribution in [0.4, 0.5) is 19.6 Å². The minimum Gasteiger partial charge on any atom is -0.486 e. The van der Waals surface area contributed by atoms with Crippen LogP contribution in [0.1, 0.15) is 34.1 Å². The van der Waals surface area contributed by atoms with Gasteiger partial charge in [-0.3, -0.25) is 0 Å². The third-order valence-corrected chi connectivity index (χ3v) is 3.41. The van der Waals surface area contributed by atoms with Gasteiger partial charge in [-0.25, -0.2) is 9.18 Å². The molecule has 2 N–H and O–H groups in total. The van der Waals surface area contributed by atoms with Crippen molar-refractivity contribution in [2.24, 2.45) is 0 Å². The molecule has 0 fully saturated rings. The molecule has 0 saturated carbocycles. The minimum atomic E-state index is -0.729. The number of hydrogen-bond donors (Lipinski definition) is 2. The van der Waals surface area contributed by atoms with E-state index >= 15 is 0 Å². The van der Waals surface area contributed by atoms with E-state index in [-0.39, 0.29) is 36.1 Å². The van der Waals surface area contributed by atoms with Gasteiger partial charge in [-0.1, -0.05) is 6.92 Å². The summed E-state index contributed by atoms with van der Waals surface area (Å²) in [6, 6.07) is 3.16. The van der Waals surface area contributed by atoms with E-state index in [1.165, 1.54) is 6.07 Å². The summed E-state index contributed by atoms with van der Waals surface area (Å²) in [6.45, 7) is 7.38. The molecule has 0 unspecified atom stereocenters. The van der Waals surface area contributed by atoms with Gasteiger partial charge in [0.25, 0.3) is 6.01 Å². The number of nitrogens with zero attached hydrogens (tertiary/aromatic N) is 1. The van der Waals surface area contributed by atoms with E-state index in [9.17, 15) is 13.6 Å². The van der Waals surface area contributed by atoms with E-state index in [0.717, 1.165) is 6.42 Å². The zero-order valence-corrected chi connectivity index (χ0v) is 16.4. The van der Waals surface area contributed by atoms with Crippen LogP contribution in [0.3, 0.4) is 0 Å². The Balaban J connectivity index is 1.97. The average molecular weight is 397 g/mol. The van der Waals surface area contributed by atoms with Gasteiger partial charge in [0.2, 0.25) is 5.82 Å². The number of aromatic nitrogens is 1. The van der Waals surface area contributed by atoms with Gasteiger partial charge in [0.1, 0.15) is 17.7 Å². The summed E-state index contributed by atoms with van der Waals surface area (Å²) in [5, 5.41) is 5.35. The fourth-order valence-corrected chi connectivity index (χ4v) is 2.15. The van der Waals surface area contributed by atoms with Gasteiger partial charge < -0.3 is 24.5 Å². The van der Waals surface area contributed by atoms with Crippen LogP contribution in [-0.4, -0.2) is 36.4 Å². The Hall–Kier alpha value is -2.84. The zero-order valence-electron chi connectivity index (χ0n) is 16.4. The van der Waals surface area contributed by atoms with Crippen LogP contribution in [0, 0.1) is 5.82 Å². The van der Waals surface area contributed by atoms with Gasteiger partial charge in [-0.15, -0.1) is 0 Å². The van der Waals surface area contributed by atoms with Crippen LogP contribution < -0.4 is 15.4 Å². The van der Waals surface area contributed by atoms with Gasteiger partial charge in [-0.2, -0.15) is 9.37 Å². The van der Waals surface area contributed by atoms with Gasteiger partial charge in [0.05, 0.1) is 6.33 Å². The zero-order chi connectivity index (χ0) is 20.7. The molecule has 9 heteroatoms. The molecule has 2 rings (SSSR count). The molecule has 2 aromatic rings. The highest BCUT2D eigenvalue weighted by Crippen LogP contribution is 2.28. The average Bonchev–Trinajstić information content (AvgIpc) is 3.04. The van der Waals surface area contributed by atoms with Crippen molar-refractivity contribution in [2.75, 3.05) is 25.0 Å². The fraction of sp³-hybridized carbons (Fsp3) is 0.474. The highest BCUT2D eigenvalue weighted by molar-refractivity contribution is 5.77. The summed E-state index contributed by atoms with van der Waals surface area (Å²) in [4.78, 5) is 15.8. The quantitative estimate of drug-likeness (QED) is 0.680. The first-order valence-corrected chi connectivity index (χ1v) is 8.94. The van der Waals surface area contributed by atoms with Crippen LogP contribution in [0.15, 0.2) is 28.5 Å². The first-order chi connectivity index (χ1) is 13.2. The van der Waals surface area contributed by atoms with Gasteiger partial charge in [0, 0.05) is 18.7 Å². The van der Waals surface area contributed by atoms with Crippen molar-refractivity contribution in [3.8, 4) is 5.75 Å². The molecule has 0 atom stereocenters. The van der Waals surface area contributed by atoms with E-state index in [4.69, 9.17) is 13.9 Å². The molecule has 7 nitrogen and oxygen atoms in total. The number of carbonyl (C=O) groups is 1. The summed E-state index contributed by atoms with van der Waals surface area (Å²) >= 11 is 0. The van der Waals surface area contributed by atoms with Crippen molar-refractivity contribution in [1.29, 1.82) is 0 Å². The van der Waals surface area contributed by atoms with Crippen molar-refractivity contribution < 1.29 is 27.5 Å². The smallest absolute Gasteiger partial charge is 0.407 e. The molecule has 0 bridgehead atoms. The molecule has 1 heterocycles. The molecule has 0 radical (unpaired) electrons. The Kier molecular flexibility index (Phi) is 7.19. The van der Waals surface area contributed by atoms with Crippen molar-refractivity contribution in [2.45, 2.75) is 39.7 Å². The lowest BCUT2D eigenvalue weighted by Gasteiger charge is -2.20. The number of nitrogens with one attached hydrogen (secondary N) is 2. The molecule has 1 aromatic carbocycles. The van der Waals surface area contributed by atoms with Crippen LogP contribution in [0.2, 0.25) is 0 Å². The highest BCUT2D eigenvalue weighted by Gasteiger charge is 2.17. The number of halogens is 2. The first-order valence-electron chi connectivity index (χ1n) is 8.94. The summed E-state index contributed by atoms with van der Waals surface area (Å²) in [6.07, 6.45) is 0.480. The molecule has 0 aliphatic rings. The van der Waals surface area contributed by atoms with Crippen LogP contribution in [0.25, 0.3) is 11.1 Å². The largest absolute Gasteiger partial charge is 0.486 e. The van der Waals surface area contributed by atoms with Gasteiger partial charge >= 0.3 is 6.09 Å². The molecular formula is C19H25F2N3O4. The Morgan fingerprint density at radius 1 is 1.36 bits per heavy atom. The highest BCUT2D eigenvalue weighted by atomic mass is 19.1. The van der Waals surface area contributed by atoms with Crippen molar-refractivity contribution >= 4 is 23.2 Å². The maximum Gasteiger partial charge on any atom is 0.407 e. The topological polar surface area (TPSA) is 85.6 Å². The molecule has 0 saturated heterocycles. The van der Waals surface area contributed by atoms with E-state index in [0.29, 0.717) is 18.4 Å². The SMILES string of the molecule is CCCNc1nc2ccc(OC/C(=C/F)CNC(=O)OC(C)(C)C)c(F)c2o1. The number of carbonyl (C=O) groups excluding carboxylic acids is 1. The lowest BCUT2D eigenvalue weighted by atomic mass is 10.2. The lowest BCUT2D eigenvalue weighted by molar-refractivity contribution is 0.0531. The fourth-order valence-electron chi connectivity index (χ4n) is 2.15. The molecule has 28 heavy (non-hydrogen) atoms. The second-order valence-corrected chi connectivity index (χ2v) is 7.08. The number of amides is 1. The first kappa shape index (κ1) is 21.5. The van der Waals surface area contributed by atoms with Crippen LogP contribution in [-0.2, 0) is 4.74 Å². The summed E-state index contributed by atoms with van der Waals surface area (Å²) in [7, 11) is 0. The predicted octanol–water partition coefficient (Wildman–Crippen LogP) is 4.55. The molecule has 1 amide bonds. The van der Waals surface area contributed by atoms with Crippen molar-refractivity contribution in [1.82, 2.24) is 10.3 Å². The number of fused-ring (bicyclic) bond motifs is 1. The maximum absolute atomic E-state index is 14.6. The van der Waals surface area contributed by atoms with E-state index in [1.54, 1.807) is 26.8 Å². The molecule has 1 aromatic heterocycles. The van der Waals surface area contributed by atoms with Crippen molar-refractivity contribution in [3.05, 3.63) is 29.9 Å². The van der Waals surface area contributed by atoms with Gasteiger partial charge in [-0.05, 0) is 39.3 Å². The molecule has 0 aliphatic heterocycles. The number of alkyl carbamates (subject to hydrolysis) is 1. The van der Waals surface area contributed by atoms with Gasteiger partial charge in [0.15, 0.2) is 11.3 Å². The minimum absolute atomic E-state index is 0.0474. The maximum atomic E-state index is 14.6. The molecular weight excluding hydrogens is 372 g/mol. The Morgan fingerprint density at radius 3 is 2.75 bits per heavy atom. The Bertz CT molecular complexity index is 844. The second kappa shape index (κ2) is 9.38. The number of anilines is 1. The van der Waals surface area contributed by atoms with Crippen LogP contribution in [0.5, 0.6) is 5.75 Å².